The lowest BCUT2D eigenvalue weighted by molar-refractivity contribution is -0.120. The predicted molar refractivity (Wildman–Crippen MR) is 110 cm³/mol. The Labute approximate surface area is 163 Å². The molecule has 1 N–H and O–H groups in total. The summed E-state index contributed by atoms with van der Waals surface area (Å²) in [5.41, 5.74) is 2.92. The second-order valence-corrected chi connectivity index (χ2v) is 7.84. The second kappa shape index (κ2) is 7.88. The van der Waals surface area contributed by atoms with Gasteiger partial charge in [-0.05, 0) is 55.5 Å². The van der Waals surface area contributed by atoms with Gasteiger partial charge in [0.25, 0.3) is 0 Å². The molecule has 138 valence electrons. The van der Waals surface area contributed by atoms with Crippen LogP contribution in [0.2, 0.25) is 0 Å². The number of amides is 1. The van der Waals surface area contributed by atoms with E-state index in [2.05, 4.69) is 20.4 Å². The highest BCUT2D eigenvalue weighted by Gasteiger charge is 2.26. The van der Waals surface area contributed by atoms with Gasteiger partial charge in [-0.1, -0.05) is 23.8 Å². The summed E-state index contributed by atoms with van der Waals surface area (Å²) in [6.07, 6.45) is 1.87. The lowest BCUT2D eigenvalue weighted by atomic mass is 9.97. The largest absolute Gasteiger partial charge is 0.354 e. The van der Waals surface area contributed by atoms with Gasteiger partial charge in [0.1, 0.15) is 5.69 Å². The highest BCUT2D eigenvalue weighted by atomic mass is 32.1. The molecule has 1 unspecified atom stereocenters. The van der Waals surface area contributed by atoms with Gasteiger partial charge in [-0.25, -0.2) is 0 Å². The van der Waals surface area contributed by atoms with Crippen LogP contribution in [0.25, 0.3) is 10.6 Å². The first-order valence-corrected chi connectivity index (χ1v) is 10.1. The number of benzene rings is 1. The maximum Gasteiger partial charge on any atom is 0.229 e. The van der Waals surface area contributed by atoms with Crippen molar-refractivity contribution >= 4 is 28.7 Å². The van der Waals surface area contributed by atoms with Crippen molar-refractivity contribution in [3.05, 3.63) is 59.5 Å². The molecule has 27 heavy (non-hydrogen) atoms. The van der Waals surface area contributed by atoms with Crippen LogP contribution in [0.5, 0.6) is 0 Å². The van der Waals surface area contributed by atoms with Crippen LogP contribution >= 0.6 is 11.3 Å². The molecule has 1 amide bonds. The number of nitrogens with zero attached hydrogens (tertiary/aromatic N) is 3. The molecule has 3 heterocycles. The lowest BCUT2D eigenvalue weighted by Gasteiger charge is -2.32. The van der Waals surface area contributed by atoms with Crippen LogP contribution in [-0.2, 0) is 4.79 Å². The minimum absolute atomic E-state index is 0.0428. The summed E-state index contributed by atoms with van der Waals surface area (Å²) in [7, 11) is 0. The zero-order valence-electron chi connectivity index (χ0n) is 15.3. The van der Waals surface area contributed by atoms with Crippen LogP contribution in [0.4, 0.5) is 11.5 Å². The molecule has 0 saturated carbocycles. The van der Waals surface area contributed by atoms with E-state index >= 15 is 0 Å². The van der Waals surface area contributed by atoms with Crippen LogP contribution in [0.15, 0.2) is 53.9 Å². The summed E-state index contributed by atoms with van der Waals surface area (Å²) in [6, 6.07) is 16.0. The maximum absolute atomic E-state index is 12.7. The van der Waals surface area contributed by atoms with Crippen LogP contribution in [0, 0.1) is 12.8 Å². The van der Waals surface area contributed by atoms with Crippen LogP contribution in [0.1, 0.15) is 18.4 Å². The SMILES string of the molecule is Cc1ccc(NC(=O)C2CCCN(c3ccc(-c4cccs4)nn3)C2)cc1. The third-order valence-corrected chi connectivity index (χ3v) is 5.75. The van der Waals surface area contributed by atoms with Crippen LogP contribution < -0.4 is 10.2 Å². The molecule has 2 aromatic heterocycles. The van der Waals surface area contributed by atoms with E-state index in [9.17, 15) is 4.79 Å². The maximum atomic E-state index is 12.7. The quantitative estimate of drug-likeness (QED) is 0.732. The van der Waals surface area contributed by atoms with E-state index < -0.39 is 0 Å². The van der Waals surface area contributed by atoms with Gasteiger partial charge in [-0.15, -0.1) is 21.5 Å². The van der Waals surface area contributed by atoms with E-state index in [1.165, 1.54) is 5.56 Å². The van der Waals surface area contributed by atoms with Crippen molar-refractivity contribution in [1.82, 2.24) is 10.2 Å². The first-order valence-electron chi connectivity index (χ1n) is 9.19. The van der Waals surface area contributed by atoms with E-state index in [4.69, 9.17) is 0 Å². The Bertz CT molecular complexity index is 891. The zero-order chi connectivity index (χ0) is 18.6. The molecular weight excluding hydrogens is 356 g/mol. The third kappa shape index (κ3) is 4.17. The van der Waals surface area contributed by atoms with E-state index in [1.807, 2.05) is 60.8 Å². The Kier molecular flexibility index (Phi) is 5.16. The van der Waals surface area contributed by atoms with E-state index in [0.717, 1.165) is 41.5 Å². The number of anilines is 2. The number of rotatable bonds is 4. The molecule has 4 rings (SSSR count). The Morgan fingerprint density at radius 1 is 1.15 bits per heavy atom. The van der Waals surface area contributed by atoms with Gasteiger partial charge in [0.2, 0.25) is 5.91 Å². The van der Waals surface area contributed by atoms with Gasteiger partial charge < -0.3 is 10.2 Å². The minimum atomic E-state index is -0.0428. The van der Waals surface area contributed by atoms with Crippen LogP contribution in [-0.4, -0.2) is 29.2 Å². The van der Waals surface area contributed by atoms with Gasteiger partial charge in [0.05, 0.1) is 10.8 Å². The summed E-state index contributed by atoms with van der Waals surface area (Å²) >= 11 is 1.65. The average molecular weight is 379 g/mol. The molecule has 0 aliphatic carbocycles. The standard InChI is InChI=1S/C21H22N4OS/c1-15-6-8-17(9-7-15)22-21(26)16-4-2-12-25(14-16)20-11-10-18(23-24-20)19-5-3-13-27-19/h3,5-11,13,16H,2,4,12,14H2,1H3,(H,22,26). The van der Waals surface area contributed by atoms with E-state index in [0.29, 0.717) is 6.54 Å². The molecule has 1 atom stereocenters. The molecule has 0 radical (unpaired) electrons. The van der Waals surface area contributed by atoms with Crippen molar-refractivity contribution in [2.75, 3.05) is 23.3 Å². The van der Waals surface area contributed by atoms with Gasteiger partial charge >= 0.3 is 0 Å². The fraction of sp³-hybridized carbons (Fsp3) is 0.286. The fourth-order valence-corrected chi connectivity index (χ4v) is 4.02. The zero-order valence-corrected chi connectivity index (χ0v) is 16.1. The van der Waals surface area contributed by atoms with E-state index in [-0.39, 0.29) is 11.8 Å². The summed E-state index contributed by atoms with van der Waals surface area (Å²) in [6.45, 7) is 3.61. The van der Waals surface area contributed by atoms with Gasteiger partial charge in [0.15, 0.2) is 5.82 Å². The molecule has 1 aliphatic rings. The van der Waals surface area contributed by atoms with Crippen molar-refractivity contribution in [3.8, 4) is 10.6 Å². The topological polar surface area (TPSA) is 58.1 Å². The summed E-state index contributed by atoms with van der Waals surface area (Å²) in [5, 5.41) is 13.8. The molecule has 1 aromatic carbocycles. The first kappa shape index (κ1) is 17.7. The van der Waals surface area contributed by atoms with Crippen LogP contribution in [0.3, 0.4) is 0 Å². The molecule has 3 aromatic rings. The average Bonchev–Trinajstić information content (AvgIpc) is 3.25. The van der Waals surface area contributed by atoms with Gasteiger partial charge in [-0.2, -0.15) is 0 Å². The Morgan fingerprint density at radius 3 is 2.70 bits per heavy atom. The number of piperidine rings is 1. The lowest BCUT2D eigenvalue weighted by Crippen LogP contribution is -2.41. The molecule has 6 heteroatoms. The molecule has 1 fully saturated rings. The number of aryl methyl sites for hydroxylation is 1. The number of thiophene rings is 1. The summed E-state index contributed by atoms with van der Waals surface area (Å²) < 4.78 is 0. The highest BCUT2D eigenvalue weighted by molar-refractivity contribution is 7.13. The molecular formula is C21H22N4OS. The van der Waals surface area contributed by atoms with Crippen molar-refractivity contribution in [1.29, 1.82) is 0 Å². The monoisotopic (exact) mass is 378 g/mol. The summed E-state index contributed by atoms with van der Waals surface area (Å²) in [4.78, 5) is 15.9. The van der Waals surface area contributed by atoms with Crippen molar-refractivity contribution < 1.29 is 4.79 Å². The Hall–Kier alpha value is -2.73. The molecule has 0 spiro atoms. The molecule has 1 saturated heterocycles. The number of nitrogens with one attached hydrogen (secondary N) is 1. The second-order valence-electron chi connectivity index (χ2n) is 6.89. The highest BCUT2D eigenvalue weighted by Crippen LogP contribution is 2.26. The van der Waals surface area contributed by atoms with Crippen molar-refractivity contribution in [2.24, 2.45) is 5.92 Å². The normalized spacial score (nSPS) is 16.9. The van der Waals surface area contributed by atoms with Crippen molar-refractivity contribution in [3.63, 3.8) is 0 Å². The Morgan fingerprint density at radius 2 is 2.00 bits per heavy atom. The predicted octanol–water partition coefficient (Wildman–Crippen LogP) is 4.37. The van der Waals surface area contributed by atoms with Crippen molar-refractivity contribution in [2.45, 2.75) is 19.8 Å². The number of aromatic nitrogens is 2. The van der Waals surface area contributed by atoms with E-state index in [1.54, 1.807) is 11.3 Å². The first-order chi connectivity index (χ1) is 13.2. The Balaban J connectivity index is 1.41. The van der Waals surface area contributed by atoms with Gasteiger partial charge in [0, 0.05) is 18.8 Å². The smallest absolute Gasteiger partial charge is 0.229 e. The third-order valence-electron chi connectivity index (χ3n) is 4.86. The molecule has 1 aliphatic heterocycles. The number of hydrogen-bond donors (Lipinski definition) is 1. The fourth-order valence-electron chi connectivity index (χ4n) is 3.33. The number of hydrogen-bond acceptors (Lipinski definition) is 5. The molecule has 5 nitrogen and oxygen atoms in total. The van der Waals surface area contributed by atoms with Gasteiger partial charge in [-0.3, -0.25) is 4.79 Å². The summed E-state index contributed by atoms with van der Waals surface area (Å²) in [5.74, 6) is 0.869. The molecule has 0 bridgehead atoms. The number of carbonyl (C=O) groups excluding carboxylic acids is 1. The number of carbonyl (C=O) groups is 1. The minimum Gasteiger partial charge on any atom is -0.354 e.